The summed E-state index contributed by atoms with van der Waals surface area (Å²) in [6.07, 6.45) is 4.61. The number of piperidine rings is 1. The molecule has 1 amide bonds. The minimum absolute atomic E-state index is 0.0318. The second-order valence-corrected chi connectivity index (χ2v) is 12.0. The van der Waals surface area contributed by atoms with Crippen LogP contribution in [0.25, 0.3) is 0 Å². The maximum absolute atomic E-state index is 13.4. The van der Waals surface area contributed by atoms with Crippen molar-refractivity contribution >= 4 is 43.5 Å². The minimum Gasteiger partial charge on any atom is -0.462 e. The average Bonchev–Trinajstić information content (AvgIpc) is 3.21. The van der Waals surface area contributed by atoms with E-state index in [1.54, 1.807) is 31.5 Å². The molecule has 0 N–H and O–H groups in total. The number of fused-ring (bicyclic) bond motifs is 1. The Morgan fingerprint density at radius 3 is 2.42 bits per heavy atom. The SMILES string of the molecule is CCOC(=O)C12CN(S(=O)(=O)c3ccc(Br)cc3)CC(=O)N1CC1(CCN(c3ccncc3)CC1)O2. The van der Waals surface area contributed by atoms with Gasteiger partial charge in [-0.25, -0.2) is 13.2 Å². The van der Waals surface area contributed by atoms with E-state index < -0.39 is 33.2 Å². The molecule has 0 saturated carbocycles. The van der Waals surface area contributed by atoms with Gasteiger partial charge in [-0.15, -0.1) is 0 Å². The summed E-state index contributed by atoms with van der Waals surface area (Å²) in [5, 5.41) is 0. The van der Waals surface area contributed by atoms with Crippen LogP contribution in [0.3, 0.4) is 0 Å². The summed E-state index contributed by atoms with van der Waals surface area (Å²) in [4.78, 5) is 34.4. The number of pyridine rings is 1. The molecule has 1 atom stereocenters. The summed E-state index contributed by atoms with van der Waals surface area (Å²) < 4.78 is 40.5. The number of rotatable bonds is 5. The van der Waals surface area contributed by atoms with Crippen molar-refractivity contribution in [3.63, 3.8) is 0 Å². The fraction of sp³-hybridized carbons (Fsp3) is 0.458. The van der Waals surface area contributed by atoms with Crippen LogP contribution in [0.15, 0.2) is 58.2 Å². The number of halogens is 1. The third-order valence-corrected chi connectivity index (χ3v) is 9.35. The molecule has 0 radical (unpaired) electrons. The third kappa shape index (κ3) is 4.29. The lowest BCUT2D eigenvalue weighted by atomic mass is 9.91. The number of esters is 1. The number of amides is 1. The van der Waals surface area contributed by atoms with Gasteiger partial charge in [0.15, 0.2) is 0 Å². The second kappa shape index (κ2) is 9.40. The van der Waals surface area contributed by atoms with Crippen molar-refractivity contribution in [3.05, 3.63) is 53.3 Å². The molecule has 3 aliphatic rings. The van der Waals surface area contributed by atoms with Crippen LogP contribution >= 0.6 is 15.9 Å². The van der Waals surface area contributed by atoms with Gasteiger partial charge in [0.2, 0.25) is 15.9 Å². The van der Waals surface area contributed by atoms with E-state index >= 15 is 0 Å². The molecular formula is C24H27BrN4O6S. The molecule has 1 aromatic carbocycles. The summed E-state index contributed by atoms with van der Waals surface area (Å²) in [7, 11) is -4.06. The van der Waals surface area contributed by atoms with E-state index in [0.717, 1.165) is 14.5 Å². The zero-order valence-corrected chi connectivity index (χ0v) is 22.2. The van der Waals surface area contributed by atoms with Gasteiger partial charge in [-0.05, 0) is 56.2 Å². The number of aromatic nitrogens is 1. The van der Waals surface area contributed by atoms with E-state index in [1.165, 1.54) is 17.0 Å². The van der Waals surface area contributed by atoms with Crippen molar-refractivity contribution in [1.82, 2.24) is 14.2 Å². The molecule has 12 heteroatoms. The Labute approximate surface area is 218 Å². The van der Waals surface area contributed by atoms with Crippen LogP contribution in [-0.2, 0) is 29.1 Å². The summed E-state index contributed by atoms with van der Waals surface area (Å²) in [5.74, 6) is -1.23. The van der Waals surface area contributed by atoms with E-state index in [4.69, 9.17) is 9.47 Å². The molecule has 1 spiro atoms. The Bertz CT molecular complexity index is 1250. The van der Waals surface area contributed by atoms with E-state index in [-0.39, 0.29) is 31.1 Å². The van der Waals surface area contributed by atoms with Crippen molar-refractivity contribution in [2.75, 3.05) is 44.2 Å². The van der Waals surface area contributed by atoms with Crippen LogP contribution in [0.4, 0.5) is 5.69 Å². The van der Waals surface area contributed by atoms with Gasteiger partial charge in [-0.3, -0.25) is 14.7 Å². The molecule has 1 unspecified atom stereocenters. The first-order valence-electron chi connectivity index (χ1n) is 11.8. The molecule has 1 aromatic heterocycles. The predicted octanol–water partition coefficient (Wildman–Crippen LogP) is 2.01. The zero-order chi connectivity index (χ0) is 25.6. The Balaban J connectivity index is 1.44. The molecule has 5 rings (SSSR count). The smallest absolute Gasteiger partial charge is 0.361 e. The van der Waals surface area contributed by atoms with Crippen molar-refractivity contribution in [1.29, 1.82) is 0 Å². The monoisotopic (exact) mass is 578 g/mol. The van der Waals surface area contributed by atoms with Crippen molar-refractivity contribution in [3.8, 4) is 0 Å². The van der Waals surface area contributed by atoms with Crippen LogP contribution in [-0.4, -0.2) is 85.1 Å². The summed E-state index contributed by atoms with van der Waals surface area (Å²) in [5.41, 5.74) is -1.56. The number of nitrogens with zero attached hydrogens (tertiary/aromatic N) is 4. The molecule has 4 heterocycles. The van der Waals surface area contributed by atoms with Gasteiger partial charge < -0.3 is 14.4 Å². The van der Waals surface area contributed by atoms with Gasteiger partial charge >= 0.3 is 5.97 Å². The predicted molar refractivity (Wildman–Crippen MR) is 133 cm³/mol. The largest absolute Gasteiger partial charge is 0.462 e. The van der Waals surface area contributed by atoms with Gasteiger partial charge in [0.1, 0.15) is 0 Å². The number of hydrogen-bond donors (Lipinski definition) is 0. The molecule has 36 heavy (non-hydrogen) atoms. The van der Waals surface area contributed by atoms with E-state index in [1.807, 2.05) is 12.1 Å². The third-order valence-electron chi connectivity index (χ3n) is 7.02. The van der Waals surface area contributed by atoms with Gasteiger partial charge in [-0.2, -0.15) is 4.31 Å². The number of anilines is 1. The van der Waals surface area contributed by atoms with E-state index in [0.29, 0.717) is 25.9 Å². The van der Waals surface area contributed by atoms with Gasteiger partial charge in [0.05, 0.1) is 36.7 Å². The number of carbonyl (C=O) groups is 2. The Kier molecular flexibility index (Phi) is 6.56. The van der Waals surface area contributed by atoms with E-state index in [9.17, 15) is 18.0 Å². The standard InChI is InChI=1S/C24H27BrN4O6S/c1-2-34-22(31)24-17-28(36(32,33)20-5-3-18(25)4-6-20)15-21(30)29(24)16-23(35-24)9-13-27(14-10-23)19-7-11-26-12-8-19/h3-8,11-12H,2,9-10,13-17H2,1H3. The van der Waals surface area contributed by atoms with Gasteiger partial charge in [0.25, 0.3) is 5.72 Å². The second-order valence-electron chi connectivity index (χ2n) is 9.19. The normalized spacial score (nSPS) is 24.1. The molecule has 3 saturated heterocycles. The maximum Gasteiger partial charge on any atom is 0.361 e. The number of sulfonamides is 1. The molecule has 10 nitrogen and oxygen atoms in total. The number of carbonyl (C=O) groups excluding carboxylic acids is 2. The number of hydrogen-bond acceptors (Lipinski definition) is 8. The van der Waals surface area contributed by atoms with Crippen LogP contribution in [0.5, 0.6) is 0 Å². The highest BCUT2D eigenvalue weighted by molar-refractivity contribution is 9.10. The lowest BCUT2D eigenvalue weighted by Gasteiger charge is -2.43. The molecule has 2 aromatic rings. The summed E-state index contributed by atoms with van der Waals surface area (Å²) >= 11 is 3.30. The first kappa shape index (κ1) is 25.1. The van der Waals surface area contributed by atoms with Crippen molar-refractivity contribution in [2.24, 2.45) is 0 Å². The highest BCUT2D eigenvalue weighted by Crippen LogP contribution is 2.44. The van der Waals surface area contributed by atoms with Crippen LogP contribution < -0.4 is 4.90 Å². The van der Waals surface area contributed by atoms with Crippen LogP contribution in [0.1, 0.15) is 19.8 Å². The first-order chi connectivity index (χ1) is 17.2. The summed E-state index contributed by atoms with van der Waals surface area (Å²) in [6.45, 7) is 2.57. The van der Waals surface area contributed by atoms with Crippen LogP contribution in [0, 0.1) is 0 Å². The number of piperazine rings is 1. The Hall–Kier alpha value is -2.54. The Morgan fingerprint density at radius 1 is 1.11 bits per heavy atom. The molecule has 0 bridgehead atoms. The zero-order valence-electron chi connectivity index (χ0n) is 19.8. The number of ether oxygens (including phenoxy) is 2. The maximum atomic E-state index is 13.4. The van der Waals surface area contributed by atoms with Gasteiger partial charge in [0, 0.05) is 35.6 Å². The highest BCUT2D eigenvalue weighted by atomic mass is 79.9. The fourth-order valence-corrected chi connectivity index (χ4v) is 6.84. The topological polar surface area (TPSA) is 109 Å². The quantitative estimate of drug-likeness (QED) is 0.495. The van der Waals surface area contributed by atoms with E-state index in [2.05, 4.69) is 25.8 Å². The summed E-state index contributed by atoms with van der Waals surface area (Å²) in [6, 6.07) is 10.0. The lowest BCUT2D eigenvalue weighted by Crippen LogP contribution is -2.67. The van der Waals surface area contributed by atoms with Crippen molar-refractivity contribution in [2.45, 2.75) is 36.0 Å². The molecular weight excluding hydrogens is 552 g/mol. The molecule has 192 valence electrons. The lowest BCUT2D eigenvalue weighted by molar-refractivity contribution is -0.206. The highest BCUT2D eigenvalue weighted by Gasteiger charge is 2.65. The molecule has 0 aliphatic carbocycles. The van der Waals surface area contributed by atoms with Crippen molar-refractivity contribution < 1.29 is 27.5 Å². The minimum atomic E-state index is -4.06. The van der Waals surface area contributed by atoms with Crippen LogP contribution in [0.2, 0.25) is 0 Å². The first-order valence-corrected chi connectivity index (χ1v) is 14.0. The molecule has 3 fully saturated rings. The fourth-order valence-electron chi connectivity index (χ4n) is 5.17. The average molecular weight is 579 g/mol. The van der Waals surface area contributed by atoms with Gasteiger partial charge in [-0.1, -0.05) is 15.9 Å². The Morgan fingerprint density at radius 2 is 1.78 bits per heavy atom. The number of benzene rings is 1. The molecule has 3 aliphatic heterocycles.